The SMILES string of the molecule is CCc1ccccc1NC(=O)CSc1ncnc2sc3c(c12)CCCC3. The second-order valence-electron chi connectivity index (χ2n) is 6.42. The molecule has 3 aromatic rings. The van der Waals surface area contributed by atoms with E-state index in [1.165, 1.54) is 40.4 Å². The molecule has 0 saturated heterocycles. The number of rotatable bonds is 5. The second-order valence-corrected chi connectivity index (χ2v) is 8.47. The van der Waals surface area contributed by atoms with Gasteiger partial charge >= 0.3 is 0 Å². The molecular weight excluding hydrogens is 362 g/mol. The molecule has 2 aromatic heterocycles. The molecule has 1 amide bonds. The van der Waals surface area contributed by atoms with Crippen LogP contribution in [0.5, 0.6) is 0 Å². The van der Waals surface area contributed by atoms with Gasteiger partial charge in [-0.2, -0.15) is 0 Å². The minimum Gasteiger partial charge on any atom is -0.325 e. The molecule has 0 aliphatic heterocycles. The Kier molecular flexibility index (Phi) is 5.22. The van der Waals surface area contributed by atoms with Crippen LogP contribution >= 0.6 is 23.1 Å². The minimum absolute atomic E-state index is 0.00626. The predicted molar refractivity (Wildman–Crippen MR) is 109 cm³/mol. The average Bonchev–Trinajstić information content (AvgIpc) is 3.06. The lowest BCUT2D eigenvalue weighted by molar-refractivity contribution is -0.113. The van der Waals surface area contributed by atoms with Crippen LogP contribution in [0, 0.1) is 0 Å². The van der Waals surface area contributed by atoms with Crippen LogP contribution in [0.1, 0.15) is 35.8 Å². The van der Waals surface area contributed by atoms with Gasteiger partial charge in [-0.05, 0) is 49.3 Å². The summed E-state index contributed by atoms with van der Waals surface area (Å²) in [5.41, 5.74) is 3.47. The van der Waals surface area contributed by atoms with Gasteiger partial charge in [-0.3, -0.25) is 4.79 Å². The van der Waals surface area contributed by atoms with E-state index in [0.717, 1.165) is 40.4 Å². The number of para-hydroxylation sites is 1. The van der Waals surface area contributed by atoms with Gasteiger partial charge in [-0.15, -0.1) is 11.3 Å². The zero-order valence-corrected chi connectivity index (χ0v) is 16.4. The molecule has 4 nitrogen and oxygen atoms in total. The molecule has 4 rings (SSSR count). The van der Waals surface area contributed by atoms with Gasteiger partial charge in [0, 0.05) is 16.0 Å². The van der Waals surface area contributed by atoms with Gasteiger partial charge in [0.25, 0.3) is 0 Å². The third-order valence-corrected chi connectivity index (χ3v) is 6.92. The Bertz CT molecular complexity index is 951. The van der Waals surface area contributed by atoms with E-state index < -0.39 is 0 Å². The van der Waals surface area contributed by atoms with Crippen molar-refractivity contribution in [1.82, 2.24) is 9.97 Å². The molecule has 0 radical (unpaired) electrons. The number of anilines is 1. The molecule has 26 heavy (non-hydrogen) atoms. The number of benzene rings is 1. The van der Waals surface area contributed by atoms with E-state index in [9.17, 15) is 4.79 Å². The Morgan fingerprint density at radius 2 is 2.08 bits per heavy atom. The number of aromatic nitrogens is 2. The second kappa shape index (κ2) is 7.76. The highest BCUT2D eigenvalue weighted by Gasteiger charge is 2.20. The molecule has 0 unspecified atom stereocenters. The van der Waals surface area contributed by atoms with E-state index >= 15 is 0 Å². The first-order valence-corrected chi connectivity index (χ1v) is 10.8. The number of amides is 1. The van der Waals surface area contributed by atoms with Crippen LogP contribution in [0.4, 0.5) is 5.69 Å². The number of thioether (sulfide) groups is 1. The summed E-state index contributed by atoms with van der Waals surface area (Å²) in [5.74, 6) is 0.362. The summed E-state index contributed by atoms with van der Waals surface area (Å²) in [7, 11) is 0. The van der Waals surface area contributed by atoms with Crippen molar-refractivity contribution in [2.24, 2.45) is 0 Å². The van der Waals surface area contributed by atoms with Crippen molar-refractivity contribution in [3.05, 3.63) is 46.6 Å². The monoisotopic (exact) mass is 383 g/mol. The fourth-order valence-electron chi connectivity index (χ4n) is 3.44. The lowest BCUT2D eigenvalue weighted by Gasteiger charge is -2.12. The summed E-state index contributed by atoms with van der Waals surface area (Å²) in [4.78, 5) is 23.9. The van der Waals surface area contributed by atoms with Crippen molar-refractivity contribution in [1.29, 1.82) is 0 Å². The molecule has 2 heterocycles. The number of hydrogen-bond donors (Lipinski definition) is 1. The van der Waals surface area contributed by atoms with Gasteiger partial charge < -0.3 is 5.32 Å². The molecule has 1 N–H and O–H groups in total. The van der Waals surface area contributed by atoms with Crippen molar-refractivity contribution < 1.29 is 4.79 Å². The number of thiophene rings is 1. The molecular formula is C20H21N3OS2. The van der Waals surface area contributed by atoms with Crippen LogP contribution in [0.25, 0.3) is 10.2 Å². The van der Waals surface area contributed by atoms with Crippen molar-refractivity contribution >= 4 is 44.9 Å². The molecule has 6 heteroatoms. The number of aryl methyl sites for hydroxylation is 3. The molecule has 1 aliphatic carbocycles. The van der Waals surface area contributed by atoms with Gasteiger partial charge in [0.2, 0.25) is 5.91 Å². The molecule has 0 spiro atoms. The van der Waals surface area contributed by atoms with E-state index in [1.807, 2.05) is 24.3 Å². The first-order chi connectivity index (χ1) is 12.8. The van der Waals surface area contributed by atoms with Crippen LogP contribution in [-0.2, 0) is 24.1 Å². The molecule has 134 valence electrons. The maximum atomic E-state index is 12.4. The summed E-state index contributed by atoms with van der Waals surface area (Å²) in [5, 5.41) is 5.15. The third kappa shape index (κ3) is 3.48. The topological polar surface area (TPSA) is 54.9 Å². The quantitative estimate of drug-likeness (QED) is 0.505. The highest BCUT2D eigenvalue weighted by atomic mass is 32.2. The van der Waals surface area contributed by atoms with Gasteiger partial charge in [0.05, 0.1) is 5.75 Å². The van der Waals surface area contributed by atoms with Gasteiger partial charge in [0.15, 0.2) is 0 Å². The van der Waals surface area contributed by atoms with Crippen molar-refractivity contribution in [2.75, 3.05) is 11.1 Å². The smallest absolute Gasteiger partial charge is 0.234 e. The maximum Gasteiger partial charge on any atom is 0.234 e. The van der Waals surface area contributed by atoms with E-state index in [0.29, 0.717) is 5.75 Å². The van der Waals surface area contributed by atoms with Gasteiger partial charge in [-0.25, -0.2) is 9.97 Å². The number of carbonyl (C=O) groups excluding carboxylic acids is 1. The van der Waals surface area contributed by atoms with Crippen molar-refractivity contribution in [3.63, 3.8) is 0 Å². The van der Waals surface area contributed by atoms with Crippen LogP contribution in [0.2, 0.25) is 0 Å². The minimum atomic E-state index is 0.00626. The molecule has 1 aliphatic rings. The summed E-state index contributed by atoms with van der Waals surface area (Å²) >= 11 is 3.30. The average molecular weight is 384 g/mol. The number of nitrogens with zero attached hydrogens (tertiary/aromatic N) is 2. The van der Waals surface area contributed by atoms with Gasteiger partial charge in [-0.1, -0.05) is 36.9 Å². The van der Waals surface area contributed by atoms with Crippen LogP contribution in [0.3, 0.4) is 0 Å². The number of carbonyl (C=O) groups is 1. The Hall–Kier alpha value is -1.92. The lowest BCUT2D eigenvalue weighted by Crippen LogP contribution is -2.15. The first-order valence-electron chi connectivity index (χ1n) is 9.02. The lowest BCUT2D eigenvalue weighted by atomic mass is 9.97. The zero-order chi connectivity index (χ0) is 17.9. The highest BCUT2D eigenvalue weighted by Crippen LogP contribution is 2.39. The zero-order valence-electron chi connectivity index (χ0n) is 14.7. The van der Waals surface area contributed by atoms with Crippen molar-refractivity contribution in [2.45, 2.75) is 44.1 Å². The Morgan fingerprint density at radius 1 is 1.23 bits per heavy atom. The van der Waals surface area contributed by atoms with Crippen molar-refractivity contribution in [3.8, 4) is 0 Å². The summed E-state index contributed by atoms with van der Waals surface area (Å²) in [6.07, 6.45) is 7.26. The number of hydrogen-bond acceptors (Lipinski definition) is 5. The number of fused-ring (bicyclic) bond motifs is 3. The number of nitrogens with one attached hydrogen (secondary N) is 1. The fourth-order valence-corrected chi connectivity index (χ4v) is 5.56. The van der Waals surface area contributed by atoms with E-state index in [1.54, 1.807) is 17.7 Å². The highest BCUT2D eigenvalue weighted by molar-refractivity contribution is 8.00. The molecule has 0 bridgehead atoms. The summed E-state index contributed by atoms with van der Waals surface area (Å²) in [6, 6.07) is 7.96. The van der Waals surface area contributed by atoms with E-state index in [4.69, 9.17) is 0 Å². The summed E-state index contributed by atoms with van der Waals surface area (Å²) < 4.78 is 0. The normalized spacial score (nSPS) is 13.6. The summed E-state index contributed by atoms with van der Waals surface area (Å²) in [6.45, 7) is 2.09. The Labute approximate surface area is 161 Å². The van der Waals surface area contributed by atoms with Crippen LogP contribution in [-0.4, -0.2) is 21.6 Å². The van der Waals surface area contributed by atoms with Crippen LogP contribution in [0.15, 0.2) is 35.6 Å². The molecule has 1 aromatic carbocycles. The fraction of sp³-hybridized carbons (Fsp3) is 0.350. The van der Waals surface area contributed by atoms with Gasteiger partial charge in [0.1, 0.15) is 16.2 Å². The Morgan fingerprint density at radius 3 is 2.96 bits per heavy atom. The standard InChI is InChI=1S/C20H21N3OS2/c1-2-13-7-3-5-9-15(13)23-17(24)11-25-19-18-14-8-4-6-10-16(14)26-20(18)22-12-21-19/h3,5,7,9,12H,2,4,6,8,10-11H2,1H3,(H,23,24). The maximum absolute atomic E-state index is 12.4. The third-order valence-electron chi connectivity index (χ3n) is 4.73. The first kappa shape index (κ1) is 17.5. The van der Waals surface area contributed by atoms with E-state index in [2.05, 4.69) is 22.2 Å². The molecule has 0 atom stereocenters. The molecule has 0 fully saturated rings. The van der Waals surface area contributed by atoms with Crippen LogP contribution < -0.4 is 5.32 Å². The largest absolute Gasteiger partial charge is 0.325 e. The predicted octanol–water partition coefficient (Wildman–Crippen LogP) is 4.86. The molecule has 0 saturated carbocycles. The van der Waals surface area contributed by atoms with E-state index in [-0.39, 0.29) is 5.91 Å². The Balaban J connectivity index is 1.51.